The lowest BCUT2D eigenvalue weighted by Gasteiger charge is -2.28. The summed E-state index contributed by atoms with van der Waals surface area (Å²) < 4.78 is 6.44. The van der Waals surface area contributed by atoms with E-state index in [1.165, 1.54) is 7.11 Å². The number of rotatable bonds is 10. The van der Waals surface area contributed by atoms with Gasteiger partial charge >= 0.3 is 5.97 Å². The number of amides is 1. The summed E-state index contributed by atoms with van der Waals surface area (Å²) >= 11 is 13.2. The molecular weight excluding hydrogens is 373 g/mol. The third-order valence-electron chi connectivity index (χ3n) is 3.56. The molecule has 0 saturated carbocycles. The van der Waals surface area contributed by atoms with Crippen LogP contribution in [0.3, 0.4) is 0 Å². The van der Waals surface area contributed by atoms with Crippen molar-refractivity contribution in [3.05, 3.63) is 18.0 Å². The first-order chi connectivity index (χ1) is 11.3. The lowest BCUT2D eigenvalue weighted by Crippen LogP contribution is -2.53. The van der Waals surface area contributed by atoms with Gasteiger partial charge in [-0.25, -0.2) is 4.79 Å². The maximum absolute atomic E-state index is 12.6. The summed E-state index contributed by atoms with van der Waals surface area (Å²) in [5.74, 6) is 0.0525. The molecule has 136 valence electrons. The molecule has 9 heteroatoms. The lowest BCUT2D eigenvalue weighted by atomic mass is 9.96. The normalized spacial score (nSPS) is 13.6. The number of hydrogen-bond acceptors (Lipinski definition) is 5. The SMILES string of the molecule is COC(=O)[C@](C)(CCC(Cl)Cl)NC(=O)c1ccnn1CCCSC. The molecule has 0 spiro atoms. The van der Waals surface area contributed by atoms with Gasteiger partial charge in [-0.05, 0) is 44.3 Å². The number of aryl methyl sites for hydroxylation is 1. The number of methoxy groups -OCH3 is 1. The molecular formula is C15H23Cl2N3O3S. The number of hydrogen-bond donors (Lipinski definition) is 1. The molecule has 0 radical (unpaired) electrons. The highest BCUT2D eigenvalue weighted by molar-refractivity contribution is 7.98. The Hall–Kier alpha value is -0.920. The lowest BCUT2D eigenvalue weighted by molar-refractivity contribution is -0.147. The average molecular weight is 396 g/mol. The van der Waals surface area contributed by atoms with Crippen molar-refractivity contribution in [1.82, 2.24) is 15.1 Å². The van der Waals surface area contributed by atoms with E-state index >= 15 is 0 Å². The van der Waals surface area contributed by atoms with Gasteiger partial charge in [0.2, 0.25) is 0 Å². The number of halogens is 2. The molecule has 1 atom stereocenters. The van der Waals surface area contributed by atoms with Gasteiger partial charge in [0.15, 0.2) is 0 Å². The molecule has 0 bridgehead atoms. The molecule has 1 aromatic heterocycles. The Balaban J connectivity index is 2.85. The monoisotopic (exact) mass is 395 g/mol. The Kier molecular flexibility index (Phi) is 8.94. The molecule has 6 nitrogen and oxygen atoms in total. The topological polar surface area (TPSA) is 73.2 Å². The molecule has 24 heavy (non-hydrogen) atoms. The predicted molar refractivity (Wildman–Crippen MR) is 97.8 cm³/mol. The maximum atomic E-state index is 12.6. The summed E-state index contributed by atoms with van der Waals surface area (Å²) in [6, 6.07) is 1.62. The van der Waals surface area contributed by atoms with Crippen molar-refractivity contribution in [3.8, 4) is 0 Å². The molecule has 0 fully saturated rings. The van der Waals surface area contributed by atoms with Crippen LogP contribution in [-0.2, 0) is 16.1 Å². The average Bonchev–Trinajstić information content (AvgIpc) is 3.01. The van der Waals surface area contributed by atoms with Gasteiger partial charge in [0.05, 0.1) is 7.11 Å². The summed E-state index contributed by atoms with van der Waals surface area (Å²) in [5, 5.41) is 6.90. The van der Waals surface area contributed by atoms with E-state index in [4.69, 9.17) is 27.9 Å². The van der Waals surface area contributed by atoms with Crippen LogP contribution in [0.15, 0.2) is 12.3 Å². The first-order valence-electron chi connectivity index (χ1n) is 7.54. The first-order valence-corrected chi connectivity index (χ1v) is 9.80. The molecule has 0 aliphatic rings. The zero-order valence-electron chi connectivity index (χ0n) is 14.1. The van der Waals surface area contributed by atoms with Crippen LogP contribution in [0.4, 0.5) is 0 Å². The number of nitrogens with zero attached hydrogens (tertiary/aromatic N) is 2. The fraction of sp³-hybridized carbons (Fsp3) is 0.667. The smallest absolute Gasteiger partial charge is 0.331 e. The molecule has 1 rings (SSSR count). The minimum atomic E-state index is -1.21. The highest BCUT2D eigenvalue weighted by Gasteiger charge is 2.37. The van der Waals surface area contributed by atoms with E-state index in [-0.39, 0.29) is 12.3 Å². The fourth-order valence-electron chi connectivity index (χ4n) is 2.22. The van der Waals surface area contributed by atoms with Crippen molar-refractivity contribution in [2.24, 2.45) is 0 Å². The molecule has 0 aliphatic carbocycles. The molecule has 1 heterocycles. The minimum Gasteiger partial charge on any atom is -0.467 e. The standard InChI is InChI=1S/C15H23Cl2N3O3S/c1-15(14(22)23-2,7-5-12(16)17)19-13(21)11-6-8-18-20(11)9-4-10-24-3/h6,8,12H,4-5,7,9-10H2,1-3H3,(H,19,21)/t15-/m0/s1. The first kappa shape index (κ1) is 21.1. The van der Waals surface area contributed by atoms with Crippen LogP contribution in [0.25, 0.3) is 0 Å². The Morgan fingerprint density at radius 3 is 2.79 bits per heavy atom. The molecule has 0 unspecified atom stereocenters. The predicted octanol–water partition coefficient (Wildman–Crippen LogP) is 2.88. The second-order valence-corrected chi connectivity index (χ2v) is 7.76. The Bertz CT molecular complexity index is 554. The Morgan fingerprint density at radius 2 is 2.21 bits per heavy atom. The Labute approximate surface area is 156 Å². The quantitative estimate of drug-likeness (QED) is 0.374. The van der Waals surface area contributed by atoms with Crippen LogP contribution < -0.4 is 5.32 Å². The number of ether oxygens (including phenoxy) is 1. The van der Waals surface area contributed by atoms with Gasteiger partial charge in [0.25, 0.3) is 5.91 Å². The molecule has 1 amide bonds. The van der Waals surface area contributed by atoms with Crippen LogP contribution in [0.5, 0.6) is 0 Å². The van der Waals surface area contributed by atoms with Crippen molar-refractivity contribution in [2.75, 3.05) is 19.1 Å². The number of nitrogens with one attached hydrogen (secondary N) is 1. The number of carbonyl (C=O) groups is 2. The van der Waals surface area contributed by atoms with Gasteiger partial charge in [0, 0.05) is 12.7 Å². The third-order valence-corrected chi connectivity index (χ3v) is 4.69. The van der Waals surface area contributed by atoms with Gasteiger partial charge in [-0.3, -0.25) is 9.48 Å². The van der Waals surface area contributed by atoms with Crippen LogP contribution in [-0.4, -0.2) is 51.2 Å². The number of thioether (sulfide) groups is 1. The van der Waals surface area contributed by atoms with Crippen LogP contribution in [0.1, 0.15) is 36.7 Å². The molecule has 0 aromatic carbocycles. The van der Waals surface area contributed by atoms with E-state index < -0.39 is 16.3 Å². The molecule has 0 saturated heterocycles. The second-order valence-electron chi connectivity index (χ2n) is 5.49. The summed E-state index contributed by atoms with van der Waals surface area (Å²) in [6.45, 7) is 2.23. The van der Waals surface area contributed by atoms with Crippen molar-refractivity contribution >= 4 is 46.8 Å². The maximum Gasteiger partial charge on any atom is 0.331 e. The van der Waals surface area contributed by atoms with Crippen molar-refractivity contribution < 1.29 is 14.3 Å². The third kappa shape index (κ3) is 6.18. The fourth-order valence-corrected chi connectivity index (χ4v) is 2.85. The van der Waals surface area contributed by atoms with E-state index in [2.05, 4.69) is 10.4 Å². The second kappa shape index (κ2) is 10.2. The van der Waals surface area contributed by atoms with E-state index in [1.807, 2.05) is 6.26 Å². The highest BCUT2D eigenvalue weighted by atomic mass is 35.5. The van der Waals surface area contributed by atoms with E-state index in [0.717, 1.165) is 12.2 Å². The van der Waals surface area contributed by atoms with Crippen LogP contribution >= 0.6 is 35.0 Å². The number of carbonyl (C=O) groups excluding carboxylic acids is 2. The van der Waals surface area contributed by atoms with Crippen molar-refractivity contribution in [3.63, 3.8) is 0 Å². The van der Waals surface area contributed by atoms with Crippen molar-refractivity contribution in [2.45, 2.75) is 43.1 Å². The molecule has 1 aromatic rings. The van der Waals surface area contributed by atoms with E-state index in [0.29, 0.717) is 18.7 Å². The molecule has 1 N–H and O–H groups in total. The van der Waals surface area contributed by atoms with E-state index in [1.54, 1.807) is 35.6 Å². The summed E-state index contributed by atoms with van der Waals surface area (Å²) in [5.41, 5.74) is -0.804. The zero-order chi connectivity index (χ0) is 18.2. The zero-order valence-corrected chi connectivity index (χ0v) is 16.4. The van der Waals surface area contributed by atoms with Gasteiger partial charge < -0.3 is 10.1 Å². The van der Waals surface area contributed by atoms with Crippen LogP contribution in [0, 0.1) is 0 Å². The van der Waals surface area contributed by atoms with Gasteiger partial charge in [-0.15, -0.1) is 23.2 Å². The van der Waals surface area contributed by atoms with Gasteiger partial charge in [-0.1, -0.05) is 0 Å². The minimum absolute atomic E-state index is 0.268. The Morgan fingerprint density at radius 1 is 1.50 bits per heavy atom. The van der Waals surface area contributed by atoms with Gasteiger partial charge in [-0.2, -0.15) is 16.9 Å². The highest BCUT2D eigenvalue weighted by Crippen LogP contribution is 2.20. The van der Waals surface area contributed by atoms with Crippen molar-refractivity contribution in [1.29, 1.82) is 0 Å². The largest absolute Gasteiger partial charge is 0.467 e. The summed E-state index contributed by atoms with van der Waals surface area (Å²) in [4.78, 5) is 24.1. The summed E-state index contributed by atoms with van der Waals surface area (Å²) in [6.07, 6.45) is 5.11. The van der Waals surface area contributed by atoms with E-state index in [9.17, 15) is 9.59 Å². The summed E-state index contributed by atoms with van der Waals surface area (Å²) in [7, 11) is 1.28. The number of alkyl halides is 2. The number of aromatic nitrogens is 2. The van der Waals surface area contributed by atoms with Crippen LogP contribution in [0.2, 0.25) is 0 Å². The van der Waals surface area contributed by atoms with Gasteiger partial charge in [0.1, 0.15) is 16.1 Å². The molecule has 0 aliphatic heterocycles. The number of esters is 1.